The van der Waals surface area contributed by atoms with Crippen LogP contribution in [0, 0.1) is 0 Å². The molecule has 0 bridgehead atoms. The highest BCUT2D eigenvalue weighted by Gasteiger charge is 2.07. The zero-order valence-electron chi connectivity index (χ0n) is 7.52. The third kappa shape index (κ3) is 2.04. The first-order valence-electron chi connectivity index (χ1n) is 3.85. The summed E-state index contributed by atoms with van der Waals surface area (Å²) >= 11 is 0. The maximum absolute atomic E-state index is 11.0. The molecule has 0 heterocycles. The summed E-state index contributed by atoms with van der Waals surface area (Å²) in [6.07, 6.45) is 0.785. The molecule has 72 valence electrons. The number of benzene rings is 1. The van der Waals surface area contributed by atoms with E-state index in [2.05, 4.69) is 0 Å². The fraction of sp³-hybridized carbons (Fsp3) is 0.100. The van der Waals surface area contributed by atoms with Crippen molar-refractivity contribution >= 4 is 18.4 Å². The summed E-state index contributed by atoms with van der Waals surface area (Å²) in [6, 6.07) is 4.23. The fourth-order valence-corrected chi connectivity index (χ4v) is 1.02. The largest absolute Gasteiger partial charge is 0.497 e. The minimum atomic E-state index is -0.674. The number of hydrogen-bond acceptors (Lipinski definition) is 4. The van der Waals surface area contributed by atoms with Gasteiger partial charge < -0.3 is 4.74 Å². The molecule has 0 fully saturated rings. The highest BCUT2D eigenvalue weighted by atomic mass is 16.5. The Morgan fingerprint density at radius 3 is 2.50 bits per heavy atom. The van der Waals surface area contributed by atoms with Crippen LogP contribution in [0.2, 0.25) is 0 Å². The van der Waals surface area contributed by atoms with Crippen molar-refractivity contribution in [2.24, 2.45) is 0 Å². The number of carbonyl (C=O) groups excluding carboxylic acids is 3. The molecule has 0 saturated carbocycles. The van der Waals surface area contributed by atoms with Gasteiger partial charge in [0.15, 0.2) is 6.29 Å². The van der Waals surface area contributed by atoms with Crippen molar-refractivity contribution in [2.75, 3.05) is 7.11 Å². The first kappa shape index (κ1) is 10.1. The average molecular weight is 192 g/mol. The quantitative estimate of drug-likeness (QED) is 0.404. The van der Waals surface area contributed by atoms with Crippen molar-refractivity contribution in [3.63, 3.8) is 0 Å². The molecule has 4 heteroatoms. The van der Waals surface area contributed by atoms with Crippen molar-refractivity contribution in [3.05, 3.63) is 29.3 Å². The number of methoxy groups -OCH3 is 1. The Labute approximate surface area is 80.5 Å². The second-order valence-corrected chi connectivity index (χ2v) is 2.59. The van der Waals surface area contributed by atoms with Gasteiger partial charge in [-0.25, -0.2) is 0 Å². The number of aldehydes is 2. The normalized spacial score (nSPS) is 9.21. The van der Waals surface area contributed by atoms with Crippen molar-refractivity contribution in [1.29, 1.82) is 0 Å². The van der Waals surface area contributed by atoms with Gasteiger partial charge in [-0.05, 0) is 18.2 Å². The Kier molecular flexibility index (Phi) is 3.12. The summed E-state index contributed by atoms with van der Waals surface area (Å²) in [5.41, 5.74) is 0.455. The van der Waals surface area contributed by atoms with E-state index >= 15 is 0 Å². The molecule has 0 aliphatic rings. The molecule has 1 aromatic carbocycles. The van der Waals surface area contributed by atoms with E-state index in [0.717, 1.165) is 0 Å². The molecule has 0 unspecified atom stereocenters. The van der Waals surface area contributed by atoms with Gasteiger partial charge in [0.05, 0.1) is 7.11 Å². The first-order valence-corrected chi connectivity index (χ1v) is 3.85. The Morgan fingerprint density at radius 2 is 2.00 bits per heavy atom. The molecule has 0 spiro atoms. The molecule has 0 N–H and O–H groups in total. The van der Waals surface area contributed by atoms with Gasteiger partial charge in [-0.1, -0.05) is 0 Å². The minimum Gasteiger partial charge on any atom is -0.497 e. The van der Waals surface area contributed by atoms with Crippen molar-refractivity contribution in [3.8, 4) is 5.75 Å². The van der Waals surface area contributed by atoms with Crippen LogP contribution in [0.15, 0.2) is 18.2 Å². The van der Waals surface area contributed by atoms with Gasteiger partial charge in [0.1, 0.15) is 12.0 Å². The zero-order valence-corrected chi connectivity index (χ0v) is 7.52. The van der Waals surface area contributed by atoms with Gasteiger partial charge in [-0.2, -0.15) is 0 Å². The predicted molar refractivity (Wildman–Crippen MR) is 48.8 cm³/mol. The van der Waals surface area contributed by atoms with Crippen LogP contribution in [0.5, 0.6) is 5.75 Å². The molecule has 0 atom stereocenters. The summed E-state index contributed by atoms with van der Waals surface area (Å²) in [5.74, 6) is -0.299. The van der Waals surface area contributed by atoms with Crippen LogP contribution in [-0.4, -0.2) is 25.5 Å². The molecule has 0 aliphatic heterocycles. The van der Waals surface area contributed by atoms with Crippen molar-refractivity contribution in [2.45, 2.75) is 0 Å². The van der Waals surface area contributed by atoms with Crippen LogP contribution in [0.25, 0.3) is 0 Å². The second kappa shape index (κ2) is 4.32. The van der Waals surface area contributed by atoms with Crippen molar-refractivity contribution < 1.29 is 19.1 Å². The third-order valence-corrected chi connectivity index (χ3v) is 1.69. The molecule has 0 amide bonds. The van der Waals surface area contributed by atoms with Gasteiger partial charge in [0.2, 0.25) is 5.78 Å². The van der Waals surface area contributed by atoms with E-state index in [-0.39, 0.29) is 11.8 Å². The molecule has 0 saturated heterocycles. The summed E-state index contributed by atoms with van der Waals surface area (Å²) in [5, 5.41) is 0. The number of rotatable bonds is 4. The lowest BCUT2D eigenvalue weighted by molar-refractivity contribution is -0.104. The Bertz CT molecular complexity index is 382. The molecule has 0 aliphatic carbocycles. The number of ketones is 1. The highest BCUT2D eigenvalue weighted by molar-refractivity contribution is 6.33. The second-order valence-electron chi connectivity index (χ2n) is 2.59. The molecule has 0 radical (unpaired) electrons. The van der Waals surface area contributed by atoms with Crippen molar-refractivity contribution in [1.82, 2.24) is 0 Å². The van der Waals surface area contributed by atoms with E-state index in [9.17, 15) is 14.4 Å². The van der Waals surface area contributed by atoms with Gasteiger partial charge in [0.25, 0.3) is 0 Å². The van der Waals surface area contributed by atoms with E-state index in [1.54, 1.807) is 0 Å². The molecule has 0 aromatic heterocycles. The van der Waals surface area contributed by atoms with Crippen LogP contribution >= 0.6 is 0 Å². The van der Waals surface area contributed by atoms with Gasteiger partial charge in [-0.15, -0.1) is 0 Å². The maximum atomic E-state index is 11.0. The van der Waals surface area contributed by atoms with E-state index in [4.69, 9.17) is 4.74 Å². The van der Waals surface area contributed by atoms with E-state index < -0.39 is 5.78 Å². The van der Waals surface area contributed by atoms with Crippen LogP contribution in [0.1, 0.15) is 20.7 Å². The number of Topliss-reactive ketones (excluding diaryl/α,β-unsaturated/α-hetero) is 1. The summed E-state index contributed by atoms with van der Waals surface area (Å²) < 4.78 is 4.86. The lowest BCUT2D eigenvalue weighted by Crippen LogP contribution is -2.01. The van der Waals surface area contributed by atoms with Gasteiger partial charge in [-0.3, -0.25) is 14.4 Å². The predicted octanol–water partition coefficient (Wildman–Crippen LogP) is 0.889. The Balaban J connectivity index is 3.23. The Hall–Kier alpha value is -1.97. The van der Waals surface area contributed by atoms with Crippen LogP contribution < -0.4 is 4.74 Å². The standard InChI is InChI=1S/C10H8O4/c1-14-9-3-7(5-11)2-8(4-9)10(13)6-12/h2-6H,1H3. The smallest absolute Gasteiger partial charge is 0.225 e. The number of ether oxygens (including phenoxy) is 1. The van der Waals surface area contributed by atoms with E-state index in [0.29, 0.717) is 17.6 Å². The lowest BCUT2D eigenvalue weighted by Gasteiger charge is -2.02. The van der Waals surface area contributed by atoms with Crippen LogP contribution in [-0.2, 0) is 4.79 Å². The third-order valence-electron chi connectivity index (χ3n) is 1.69. The average Bonchev–Trinajstić information content (AvgIpc) is 2.27. The zero-order chi connectivity index (χ0) is 10.6. The van der Waals surface area contributed by atoms with Crippen LogP contribution in [0.3, 0.4) is 0 Å². The van der Waals surface area contributed by atoms with Gasteiger partial charge >= 0.3 is 0 Å². The summed E-state index contributed by atoms with van der Waals surface area (Å²) in [4.78, 5) is 31.7. The minimum absolute atomic E-state index is 0.154. The molecule has 4 nitrogen and oxygen atoms in total. The molecular formula is C10H8O4. The summed E-state index contributed by atoms with van der Waals surface area (Å²) in [6.45, 7) is 0. The molecule has 1 aromatic rings. The molecule has 1 rings (SSSR count). The fourth-order valence-electron chi connectivity index (χ4n) is 1.02. The Morgan fingerprint density at radius 1 is 1.29 bits per heavy atom. The topological polar surface area (TPSA) is 60.4 Å². The van der Waals surface area contributed by atoms with Gasteiger partial charge in [0, 0.05) is 11.1 Å². The van der Waals surface area contributed by atoms with E-state index in [1.165, 1.54) is 25.3 Å². The maximum Gasteiger partial charge on any atom is 0.225 e. The van der Waals surface area contributed by atoms with Crippen LogP contribution in [0.4, 0.5) is 0 Å². The lowest BCUT2D eigenvalue weighted by atomic mass is 10.1. The van der Waals surface area contributed by atoms with E-state index in [1.807, 2.05) is 0 Å². The summed E-state index contributed by atoms with van der Waals surface area (Å²) in [7, 11) is 1.42. The number of hydrogen-bond donors (Lipinski definition) is 0. The monoisotopic (exact) mass is 192 g/mol. The first-order chi connectivity index (χ1) is 6.71. The number of carbonyl (C=O) groups is 3. The molecular weight excluding hydrogens is 184 g/mol. The molecule has 14 heavy (non-hydrogen) atoms. The highest BCUT2D eigenvalue weighted by Crippen LogP contribution is 2.15. The SMILES string of the molecule is COc1cc(C=O)cc(C(=O)C=O)c1.